The monoisotopic (exact) mass is 226 g/mol. The van der Waals surface area contributed by atoms with Crippen molar-refractivity contribution in [1.29, 1.82) is 0 Å². The number of hydrogen-bond donors (Lipinski definition) is 3. The summed E-state index contributed by atoms with van der Waals surface area (Å²) in [5, 5.41) is 20.7. The van der Waals surface area contributed by atoms with Crippen molar-refractivity contribution in [2.75, 3.05) is 0 Å². The fourth-order valence-electron chi connectivity index (χ4n) is 1.21. The highest BCUT2D eigenvalue weighted by atomic mass is 16.4. The largest absolute Gasteiger partial charge is 0.480 e. The van der Waals surface area contributed by atoms with E-state index in [9.17, 15) is 9.59 Å². The molecule has 0 aliphatic heterocycles. The van der Waals surface area contributed by atoms with E-state index in [-0.39, 0.29) is 11.6 Å². The molecule has 1 heterocycles. The fraction of sp³-hybridized carbons (Fsp3) is 0.556. The van der Waals surface area contributed by atoms with Crippen LogP contribution in [-0.2, 0) is 4.79 Å². The molecule has 0 saturated carbocycles. The van der Waals surface area contributed by atoms with Gasteiger partial charge < -0.3 is 10.4 Å². The Hall–Kier alpha value is -1.92. The Labute approximate surface area is 92.2 Å². The molecular formula is C9H14N4O3. The van der Waals surface area contributed by atoms with Gasteiger partial charge >= 0.3 is 5.97 Å². The summed E-state index contributed by atoms with van der Waals surface area (Å²) in [5.41, 5.74) is 0.0783. The van der Waals surface area contributed by atoms with Gasteiger partial charge in [0.15, 0.2) is 5.69 Å². The molecule has 0 bridgehead atoms. The number of carboxylic acid groups (broad SMARTS) is 1. The van der Waals surface area contributed by atoms with Crippen molar-refractivity contribution in [2.24, 2.45) is 5.92 Å². The lowest BCUT2D eigenvalue weighted by Crippen LogP contribution is -2.45. The molecule has 0 fully saturated rings. The van der Waals surface area contributed by atoms with E-state index in [1.54, 1.807) is 6.92 Å². The number of aromatic amines is 1. The fourth-order valence-corrected chi connectivity index (χ4v) is 1.21. The third kappa shape index (κ3) is 2.78. The number of nitrogens with zero attached hydrogens (tertiary/aromatic N) is 2. The van der Waals surface area contributed by atoms with Crippen molar-refractivity contribution in [3.8, 4) is 0 Å². The number of nitrogens with one attached hydrogen (secondary N) is 2. The van der Waals surface area contributed by atoms with Crippen molar-refractivity contribution >= 4 is 11.9 Å². The Kier molecular flexibility index (Phi) is 3.98. The average Bonchev–Trinajstić information content (AvgIpc) is 2.77. The van der Waals surface area contributed by atoms with Crippen LogP contribution in [-0.4, -0.2) is 38.4 Å². The smallest absolute Gasteiger partial charge is 0.326 e. The SMILES string of the molecule is CCC(C)C(NC(=O)c1cn[nH]n1)C(=O)O. The molecule has 7 heteroatoms. The molecule has 0 saturated heterocycles. The summed E-state index contributed by atoms with van der Waals surface area (Å²) in [6.45, 7) is 3.63. The van der Waals surface area contributed by atoms with Gasteiger partial charge in [0.05, 0.1) is 6.20 Å². The Balaban J connectivity index is 2.69. The minimum atomic E-state index is -1.05. The van der Waals surface area contributed by atoms with E-state index < -0.39 is 17.9 Å². The van der Waals surface area contributed by atoms with Crippen LogP contribution < -0.4 is 5.32 Å². The molecule has 0 aliphatic carbocycles. The first-order chi connectivity index (χ1) is 7.56. The number of aromatic nitrogens is 3. The van der Waals surface area contributed by atoms with Crippen molar-refractivity contribution in [1.82, 2.24) is 20.7 Å². The van der Waals surface area contributed by atoms with Crippen LogP contribution in [0.3, 0.4) is 0 Å². The van der Waals surface area contributed by atoms with Crippen molar-refractivity contribution in [3.63, 3.8) is 0 Å². The van der Waals surface area contributed by atoms with Crippen molar-refractivity contribution in [3.05, 3.63) is 11.9 Å². The molecule has 2 atom stereocenters. The number of carbonyl (C=O) groups is 2. The highest BCUT2D eigenvalue weighted by Crippen LogP contribution is 2.08. The third-order valence-corrected chi connectivity index (χ3v) is 2.41. The second kappa shape index (κ2) is 5.24. The first kappa shape index (κ1) is 12.2. The first-order valence-electron chi connectivity index (χ1n) is 4.95. The standard InChI is InChI=1S/C9H14N4O3/c1-3-5(2)7(9(15)16)11-8(14)6-4-10-13-12-6/h4-5,7H,3H2,1-2H3,(H,11,14)(H,15,16)(H,10,12,13). The summed E-state index contributed by atoms with van der Waals surface area (Å²) >= 11 is 0. The number of hydrogen-bond acceptors (Lipinski definition) is 4. The summed E-state index contributed by atoms with van der Waals surface area (Å²) in [4.78, 5) is 22.5. The molecule has 88 valence electrons. The molecule has 0 aromatic carbocycles. The lowest BCUT2D eigenvalue weighted by molar-refractivity contribution is -0.140. The summed E-state index contributed by atoms with van der Waals surface area (Å²) in [7, 11) is 0. The van der Waals surface area contributed by atoms with Crippen LogP contribution in [0, 0.1) is 5.92 Å². The minimum absolute atomic E-state index is 0.0783. The Morgan fingerprint density at radius 2 is 2.31 bits per heavy atom. The zero-order valence-electron chi connectivity index (χ0n) is 9.10. The first-order valence-corrected chi connectivity index (χ1v) is 4.95. The molecule has 0 radical (unpaired) electrons. The third-order valence-electron chi connectivity index (χ3n) is 2.41. The topological polar surface area (TPSA) is 108 Å². The molecule has 1 aromatic rings. The zero-order chi connectivity index (χ0) is 12.1. The van der Waals surface area contributed by atoms with Crippen LogP contribution in [0.15, 0.2) is 6.20 Å². The van der Waals surface area contributed by atoms with Gasteiger partial charge in [0.1, 0.15) is 6.04 Å². The molecule has 1 amide bonds. The number of aliphatic carboxylic acids is 1. The van der Waals surface area contributed by atoms with Crippen molar-refractivity contribution < 1.29 is 14.7 Å². The van der Waals surface area contributed by atoms with Gasteiger partial charge in [0, 0.05) is 0 Å². The number of amides is 1. The molecule has 16 heavy (non-hydrogen) atoms. The van der Waals surface area contributed by atoms with Crippen molar-refractivity contribution in [2.45, 2.75) is 26.3 Å². The van der Waals surface area contributed by atoms with Gasteiger partial charge in [0.2, 0.25) is 0 Å². The maximum absolute atomic E-state index is 11.5. The van der Waals surface area contributed by atoms with Crippen LogP contribution in [0.5, 0.6) is 0 Å². The van der Waals surface area contributed by atoms with Crippen LogP contribution in [0.1, 0.15) is 30.8 Å². The second-order valence-corrected chi connectivity index (χ2v) is 3.53. The van der Waals surface area contributed by atoms with E-state index in [0.29, 0.717) is 6.42 Å². The molecule has 0 aliphatic rings. The molecule has 1 aromatic heterocycles. The van der Waals surface area contributed by atoms with Gasteiger partial charge in [-0.05, 0) is 5.92 Å². The minimum Gasteiger partial charge on any atom is -0.480 e. The van der Waals surface area contributed by atoms with Gasteiger partial charge in [-0.1, -0.05) is 20.3 Å². The van der Waals surface area contributed by atoms with Gasteiger partial charge in [-0.2, -0.15) is 15.4 Å². The van der Waals surface area contributed by atoms with Gasteiger partial charge in [-0.15, -0.1) is 0 Å². The van der Waals surface area contributed by atoms with Gasteiger partial charge in [0.25, 0.3) is 5.91 Å². The summed E-state index contributed by atoms with van der Waals surface area (Å²) < 4.78 is 0. The Morgan fingerprint density at radius 1 is 1.62 bits per heavy atom. The van der Waals surface area contributed by atoms with E-state index in [0.717, 1.165) is 0 Å². The predicted octanol–water partition coefficient (Wildman–Crippen LogP) is 0.0338. The molecular weight excluding hydrogens is 212 g/mol. The number of carbonyl (C=O) groups excluding carboxylic acids is 1. The number of carboxylic acids is 1. The van der Waals surface area contributed by atoms with Crippen LogP contribution in [0.2, 0.25) is 0 Å². The van der Waals surface area contributed by atoms with E-state index in [1.807, 2.05) is 6.92 Å². The maximum Gasteiger partial charge on any atom is 0.326 e. The Morgan fingerprint density at radius 3 is 2.75 bits per heavy atom. The molecule has 7 nitrogen and oxygen atoms in total. The molecule has 1 rings (SSSR count). The highest BCUT2D eigenvalue weighted by molar-refractivity contribution is 5.94. The predicted molar refractivity (Wildman–Crippen MR) is 54.7 cm³/mol. The van der Waals surface area contributed by atoms with Gasteiger partial charge in [-0.25, -0.2) is 4.79 Å². The molecule has 3 N–H and O–H groups in total. The van der Waals surface area contributed by atoms with Crippen LogP contribution >= 0.6 is 0 Å². The molecule has 0 spiro atoms. The van der Waals surface area contributed by atoms with Gasteiger partial charge in [-0.3, -0.25) is 4.79 Å². The Bertz CT molecular complexity index is 363. The van der Waals surface area contributed by atoms with E-state index in [2.05, 4.69) is 20.7 Å². The average molecular weight is 226 g/mol. The number of rotatable bonds is 5. The molecule has 2 unspecified atom stereocenters. The summed E-state index contributed by atoms with van der Waals surface area (Å²) in [6, 6.07) is -0.908. The lowest BCUT2D eigenvalue weighted by Gasteiger charge is -2.19. The van der Waals surface area contributed by atoms with Crippen LogP contribution in [0.4, 0.5) is 0 Å². The van der Waals surface area contributed by atoms with E-state index in [1.165, 1.54) is 6.20 Å². The van der Waals surface area contributed by atoms with E-state index >= 15 is 0 Å². The summed E-state index contributed by atoms with van der Waals surface area (Å²) in [6.07, 6.45) is 1.90. The normalized spacial score (nSPS) is 14.1. The zero-order valence-corrected chi connectivity index (χ0v) is 9.10. The van der Waals surface area contributed by atoms with E-state index in [4.69, 9.17) is 5.11 Å². The lowest BCUT2D eigenvalue weighted by atomic mass is 9.99. The van der Waals surface area contributed by atoms with Crippen LogP contribution in [0.25, 0.3) is 0 Å². The quantitative estimate of drug-likeness (QED) is 0.656. The highest BCUT2D eigenvalue weighted by Gasteiger charge is 2.26. The second-order valence-electron chi connectivity index (χ2n) is 3.53. The number of H-pyrrole nitrogens is 1. The maximum atomic E-state index is 11.5. The summed E-state index contributed by atoms with van der Waals surface area (Å²) in [5.74, 6) is -1.74.